The lowest BCUT2D eigenvalue weighted by atomic mass is 9.72. The normalized spacial score (nSPS) is 17.1. The number of rotatable bonds is 1. The van der Waals surface area contributed by atoms with E-state index < -0.39 is 0 Å². The van der Waals surface area contributed by atoms with Crippen LogP contribution in [0.25, 0.3) is 32.3 Å². The number of hydrogen-bond donors (Lipinski definition) is 0. The van der Waals surface area contributed by atoms with Gasteiger partial charge < -0.3 is 0 Å². The van der Waals surface area contributed by atoms with Crippen molar-refractivity contribution in [3.8, 4) is 0 Å². The Labute approximate surface area is 207 Å². The molecule has 6 aromatic rings. The first kappa shape index (κ1) is 21.6. The third-order valence-corrected chi connectivity index (χ3v) is 7.65. The fourth-order valence-electron chi connectivity index (χ4n) is 5.82. The number of pyridine rings is 1. The molecular formula is C34H29N. The van der Waals surface area contributed by atoms with Crippen LogP contribution in [0, 0.1) is 0 Å². The van der Waals surface area contributed by atoms with Crippen LogP contribution in [0.1, 0.15) is 41.9 Å². The van der Waals surface area contributed by atoms with E-state index in [1.807, 2.05) is 30.6 Å². The first-order valence-electron chi connectivity index (χ1n) is 12.6. The molecule has 5 aromatic carbocycles. The van der Waals surface area contributed by atoms with Gasteiger partial charge in [0.15, 0.2) is 0 Å². The standard InChI is InChI=1S/C25H22.C9H7N/c1-17-20(18-7-3-2-4-8-18)13-15-23-21(17)14-16-24-22-10-6-5-9-19(22)11-12-25(23)24;1-2-4-9-7-10-6-5-8(9)3-1/h2-12,14,16-17,20H,13,15H2,1H3;1-7H. The molecule has 0 saturated heterocycles. The Morgan fingerprint density at radius 2 is 1.31 bits per heavy atom. The van der Waals surface area contributed by atoms with Crippen molar-refractivity contribution in [1.82, 2.24) is 4.98 Å². The quantitative estimate of drug-likeness (QED) is 0.227. The molecule has 0 saturated carbocycles. The second kappa shape index (κ2) is 9.35. The fourth-order valence-corrected chi connectivity index (χ4v) is 5.82. The summed E-state index contributed by atoms with van der Waals surface area (Å²) in [5, 5.41) is 8.01. The Hall–Kier alpha value is -3.97. The van der Waals surface area contributed by atoms with E-state index in [0.717, 1.165) is 0 Å². The van der Waals surface area contributed by atoms with Gasteiger partial charge in [-0.2, -0.15) is 0 Å². The van der Waals surface area contributed by atoms with Crippen molar-refractivity contribution in [2.75, 3.05) is 0 Å². The number of fused-ring (bicyclic) bond motifs is 6. The van der Waals surface area contributed by atoms with Crippen LogP contribution in [0.3, 0.4) is 0 Å². The molecular weight excluding hydrogens is 422 g/mol. The Kier molecular flexibility index (Phi) is 5.76. The molecule has 0 fully saturated rings. The SMILES string of the molecule is CC1c2ccc3c(ccc4ccccc43)c2CCC1c1ccccc1.c1ccc2cnccc2c1. The van der Waals surface area contributed by atoms with Gasteiger partial charge in [0, 0.05) is 12.4 Å². The lowest BCUT2D eigenvalue weighted by Gasteiger charge is -2.32. The fraction of sp³-hybridized carbons (Fsp3) is 0.147. The van der Waals surface area contributed by atoms with Crippen LogP contribution in [0.15, 0.2) is 122 Å². The molecule has 1 aromatic heterocycles. The highest BCUT2D eigenvalue weighted by Gasteiger charge is 2.28. The smallest absolute Gasteiger partial charge is 0.0346 e. The maximum atomic E-state index is 4.01. The number of hydrogen-bond acceptors (Lipinski definition) is 1. The summed E-state index contributed by atoms with van der Waals surface area (Å²) in [4.78, 5) is 4.01. The van der Waals surface area contributed by atoms with Gasteiger partial charge in [-0.15, -0.1) is 0 Å². The number of aromatic nitrogens is 1. The van der Waals surface area contributed by atoms with Gasteiger partial charge in [0.25, 0.3) is 0 Å². The van der Waals surface area contributed by atoms with Crippen molar-refractivity contribution >= 4 is 32.3 Å². The molecule has 0 amide bonds. The van der Waals surface area contributed by atoms with Crippen molar-refractivity contribution in [1.29, 1.82) is 0 Å². The van der Waals surface area contributed by atoms with Crippen LogP contribution >= 0.6 is 0 Å². The molecule has 170 valence electrons. The highest BCUT2D eigenvalue weighted by molar-refractivity contribution is 6.08. The topological polar surface area (TPSA) is 12.9 Å². The summed E-state index contributed by atoms with van der Waals surface area (Å²) >= 11 is 0. The summed E-state index contributed by atoms with van der Waals surface area (Å²) in [5.41, 5.74) is 4.60. The maximum Gasteiger partial charge on any atom is 0.0346 e. The Morgan fingerprint density at radius 1 is 0.600 bits per heavy atom. The van der Waals surface area contributed by atoms with Gasteiger partial charge in [-0.3, -0.25) is 4.98 Å². The predicted octanol–water partition coefficient (Wildman–Crippen LogP) is 9.06. The van der Waals surface area contributed by atoms with Gasteiger partial charge in [0.2, 0.25) is 0 Å². The predicted molar refractivity (Wildman–Crippen MR) is 149 cm³/mol. The van der Waals surface area contributed by atoms with Gasteiger partial charge in [-0.25, -0.2) is 0 Å². The number of aryl methyl sites for hydroxylation is 1. The van der Waals surface area contributed by atoms with E-state index in [-0.39, 0.29) is 0 Å². The second-order valence-electron chi connectivity index (χ2n) is 9.58. The van der Waals surface area contributed by atoms with E-state index in [9.17, 15) is 0 Å². The van der Waals surface area contributed by atoms with Gasteiger partial charge in [0.05, 0.1) is 0 Å². The molecule has 0 bridgehead atoms. The minimum absolute atomic E-state index is 0.571. The van der Waals surface area contributed by atoms with E-state index in [4.69, 9.17) is 0 Å². The van der Waals surface area contributed by atoms with E-state index >= 15 is 0 Å². The lowest BCUT2D eigenvalue weighted by Crippen LogP contribution is -2.17. The summed E-state index contributed by atoms with van der Waals surface area (Å²) in [6.45, 7) is 2.41. The molecule has 1 nitrogen and oxygen atoms in total. The van der Waals surface area contributed by atoms with Crippen LogP contribution in [0.4, 0.5) is 0 Å². The summed E-state index contributed by atoms with van der Waals surface area (Å²) in [6, 6.07) is 39.3. The zero-order chi connectivity index (χ0) is 23.6. The molecule has 7 rings (SSSR count). The first-order chi connectivity index (χ1) is 17.3. The molecule has 1 heterocycles. The van der Waals surface area contributed by atoms with E-state index in [2.05, 4.69) is 103 Å². The number of nitrogens with zero attached hydrogens (tertiary/aromatic N) is 1. The zero-order valence-corrected chi connectivity index (χ0v) is 20.1. The van der Waals surface area contributed by atoms with Crippen LogP contribution in [-0.2, 0) is 6.42 Å². The van der Waals surface area contributed by atoms with Gasteiger partial charge in [-0.05, 0) is 79.8 Å². The molecule has 35 heavy (non-hydrogen) atoms. The number of benzene rings is 5. The van der Waals surface area contributed by atoms with Crippen LogP contribution in [0.5, 0.6) is 0 Å². The molecule has 1 aliphatic rings. The summed E-state index contributed by atoms with van der Waals surface area (Å²) in [5.74, 6) is 1.20. The molecule has 2 atom stereocenters. The highest BCUT2D eigenvalue weighted by Crippen LogP contribution is 2.44. The van der Waals surface area contributed by atoms with Crippen LogP contribution in [0.2, 0.25) is 0 Å². The monoisotopic (exact) mass is 451 g/mol. The summed E-state index contributed by atoms with van der Waals surface area (Å²) < 4.78 is 0. The Morgan fingerprint density at radius 3 is 2.14 bits per heavy atom. The van der Waals surface area contributed by atoms with Crippen molar-refractivity contribution in [2.24, 2.45) is 0 Å². The average Bonchev–Trinajstić information content (AvgIpc) is 2.94. The van der Waals surface area contributed by atoms with Gasteiger partial charge in [-0.1, -0.05) is 110 Å². The first-order valence-corrected chi connectivity index (χ1v) is 12.6. The maximum absolute atomic E-state index is 4.01. The average molecular weight is 452 g/mol. The summed E-state index contributed by atoms with van der Waals surface area (Å²) in [7, 11) is 0. The molecule has 2 unspecified atom stereocenters. The van der Waals surface area contributed by atoms with Crippen molar-refractivity contribution in [3.05, 3.63) is 138 Å². The Balaban J connectivity index is 0.000000191. The highest BCUT2D eigenvalue weighted by atomic mass is 14.6. The van der Waals surface area contributed by atoms with Crippen LogP contribution < -0.4 is 0 Å². The van der Waals surface area contributed by atoms with E-state index in [1.165, 1.54) is 50.7 Å². The van der Waals surface area contributed by atoms with Crippen molar-refractivity contribution in [2.45, 2.75) is 31.6 Å². The largest absolute Gasteiger partial charge is 0.264 e. The van der Waals surface area contributed by atoms with Crippen molar-refractivity contribution < 1.29 is 0 Å². The molecule has 0 aliphatic heterocycles. The molecule has 1 aliphatic carbocycles. The minimum Gasteiger partial charge on any atom is -0.264 e. The van der Waals surface area contributed by atoms with Gasteiger partial charge in [0.1, 0.15) is 0 Å². The zero-order valence-electron chi connectivity index (χ0n) is 20.1. The molecule has 0 radical (unpaired) electrons. The van der Waals surface area contributed by atoms with Gasteiger partial charge >= 0.3 is 0 Å². The third kappa shape index (κ3) is 4.08. The minimum atomic E-state index is 0.571. The molecule has 0 N–H and O–H groups in total. The second-order valence-corrected chi connectivity index (χ2v) is 9.58. The molecule has 1 heteroatoms. The third-order valence-electron chi connectivity index (χ3n) is 7.65. The Bertz CT molecular complexity index is 1550. The van der Waals surface area contributed by atoms with Crippen molar-refractivity contribution in [3.63, 3.8) is 0 Å². The van der Waals surface area contributed by atoms with Crippen LogP contribution in [-0.4, -0.2) is 4.98 Å². The lowest BCUT2D eigenvalue weighted by molar-refractivity contribution is 0.504. The molecule has 0 spiro atoms. The van der Waals surface area contributed by atoms with E-state index in [1.54, 1.807) is 11.1 Å². The summed E-state index contributed by atoms with van der Waals surface area (Å²) in [6.07, 6.45) is 6.09. The van der Waals surface area contributed by atoms with E-state index in [0.29, 0.717) is 11.8 Å².